The predicted molar refractivity (Wildman–Crippen MR) is 59.9 cm³/mol. The number of H-pyrrole nitrogens is 1. The summed E-state index contributed by atoms with van der Waals surface area (Å²) in [5.41, 5.74) is 0.664. The maximum atomic E-state index is 11.0. The zero-order chi connectivity index (χ0) is 10.7. The van der Waals surface area contributed by atoms with Crippen LogP contribution in [0.25, 0.3) is 0 Å². The number of aromatic amines is 1. The van der Waals surface area contributed by atoms with Gasteiger partial charge in [-0.15, -0.1) is 0 Å². The van der Waals surface area contributed by atoms with Crippen LogP contribution in [0.1, 0.15) is 32.6 Å². The molecule has 1 aliphatic carbocycles. The number of anilines is 1. The molecule has 0 amide bonds. The highest BCUT2D eigenvalue weighted by Crippen LogP contribution is 2.28. The Morgan fingerprint density at radius 1 is 1.53 bits per heavy atom. The van der Waals surface area contributed by atoms with Crippen LogP contribution in [0.5, 0.6) is 0 Å². The van der Waals surface area contributed by atoms with Gasteiger partial charge in [0.2, 0.25) is 0 Å². The van der Waals surface area contributed by atoms with Crippen molar-refractivity contribution >= 4 is 5.69 Å². The average molecular weight is 207 g/mol. The molecular formula is C11H17N3O. The first-order valence-electron chi connectivity index (χ1n) is 5.57. The zero-order valence-corrected chi connectivity index (χ0v) is 8.99. The van der Waals surface area contributed by atoms with E-state index in [4.69, 9.17) is 0 Å². The number of nitrogens with zero attached hydrogens (tertiary/aromatic N) is 1. The predicted octanol–water partition coefficient (Wildman–Crippen LogP) is 1.76. The molecule has 0 aromatic carbocycles. The van der Waals surface area contributed by atoms with Gasteiger partial charge in [-0.05, 0) is 25.7 Å². The third-order valence-electron chi connectivity index (χ3n) is 3.17. The molecule has 82 valence electrons. The van der Waals surface area contributed by atoms with Crippen LogP contribution in [0.2, 0.25) is 0 Å². The summed E-state index contributed by atoms with van der Waals surface area (Å²) in [7, 11) is 0. The molecular weight excluding hydrogens is 190 g/mol. The van der Waals surface area contributed by atoms with Crippen LogP contribution in [0.4, 0.5) is 5.69 Å². The molecule has 15 heavy (non-hydrogen) atoms. The minimum absolute atomic E-state index is 0.154. The molecule has 1 aromatic rings. The van der Waals surface area contributed by atoms with E-state index in [-0.39, 0.29) is 5.56 Å². The largest absolute Gasteiger partial charge is 0.381 e. The Morgan fingerprint density at radius 2 is 2.27 bits per heavy atom. The Balaban J connectivity index is 1.98. The fraction of sp³-hybridized carbons (Fsp3) is 0.636. The second-order valence-electron chi connectivity index (χ2n) is 4.31. The first-order valence-corrected chi connectivity index (χ1v) is 5.57. The number of hydrogen-bond acceptors (Lipinski definition) is 3. The van der Waals surface area contributed by atoms with Crippen molar-refractivity contribution in [2.45, 2.75) is 38.6 Å². The maximum Gasteiger partial charge on any atom is 0.266 e. The highest BCUT2D eigenvalue weighted by molar-refractivity contribution is 5.39. The van der Waals surface area contributed by atoms with Crippen LogP contribution < -0.4 is 10.9 Å². The standard InChI is InChI=1S/C11H17N3O/c1-8(9-4-2-3-5-9)13-10-6-11(15)14-12-7-10/h6-9H,2-5H2,1H3,(H2,13,14,15). The van der Waals surface area contributed by atoms with Crippen molar-refractivity contribution in [2.24, 2.45) is 5.92 Å². The molecule has 0 bridgehead atoms. The second kappa shape index (κ2) is 4.47. The van der Waals surface area contributed by atoms with E-state index in [1.54, 1.807) is 12.3 Å². The lowest BCUT2D eigenvalue weighted by Crippen LogP contribution is -2.24. The van der Waals surface area contributed by atoms with Crippen LogP contribution in [0, 0.1) is 5.92 Å². The molecule has 1 fully saturated rings. The topological polar surface area (TPSA) is 57.8 Å². The molecule has 1 saturated carbocycles. The Hall–Kier alpha value is -1.32. The molecule has 0 aliphatic heterocycles. The van der Waals surface area contributed by atoms with Gasteiger partial charge in [0.05, 0.1) is 11.9 Å². The van der Waals surface area contributed by atoms with Crippen molar-refractivity contribution in [3.8, 4) is 0 Å². The molecule has 1 heterocycles. The molecule has 1 aliphatic rings. The number of aromatic nitrogens is 2. The minimum atomic E-state index is -0.154. The molecule has 0 radical (unpaired) electrons. The van der Waals surface area contributed by atoms with Gasteiger partial charge >= 0.3 is 0 Å². The summed E-state index contributed by atoms with van der Waals surface area (Å²) in [5, 5.41) is 9.47. The van der Waals surface area contributed by atoms with Gasteiger partial charge < -0.3 is 5.32 Å². The second-order valence-corrected chi connectivity index (χ2v) is 4.31. The van der Waals surface area contributed by atoms with Gasteiger partial charge in [-0.25, -0.2) is 5.10 Å². The monoisotopic (exact) mass is 207 g/mol. The molecule has 2 N–H and O–H groups in total. The Bertz CT molecular complexity index is 368. The fourth-order valence-corrected chi connectivity index (χ4v) is 2.29. The maximum absolute atomic E-state index is 11.0. The quantitative estimate of drug-likeness (QED) is 0.794. The van der Waals surface area contributed by atoms with Gasteiger partial charge in [-0.1, -0.05) is 12.8 Å². The Labute approximate surface area is 89.1 Å². The van der Waals surface area contributed by atoms with E-state index >= 15 is 0 Å². The normalized spacial score (nSPS) is 19.0. The summed E-state index contributed by atoms with van der Waals surface area (Å²) in [4.78, 5) is 11.0. The molecule has 1 aromatic heterocycles. The van der Waals surface area contributed by atoms with Gasteiger partial charge in [0.25, 0.3) is 5.56 Å². The van der Waals surface area contributed by atoms with Gasteiger partial charge in [0.1, 0.15) is 0 Å². The SMILES string of the molecule is CC(Nc1cn[nH]c(=O)c1)C1CCCC1. The molecule has 4 heteroatoms. The van der Waals surface area contributed by atoms with Crippen LogP contribution in [-0.2, 0) is 0 Å². The molecule has 4 nitrogen and oxygen atoms in total. The average Bonchev–Trinajstić information content (AvgIpc) is 2.70. The lowest BCUT2D eigenvalue weighted by atomic mass is 10.00. The summed E-state index contributed by atoms with van der Waals surface area (Å²) < 4.78 is 0. The summed E-state index contributed by atoms with van der Waals surface area (Å²) >= 11 is 0. The van der Waals surface area contributed by atoms with Gasteiger partial charge in [0.15, 0.2) is 0 Å². The molecule has 2 rings (SSSR count). The molecule has 1 atom stereocenters. The third kappa shape index (κ3) is 2.58. The Morgan fingerprint density at radius 3 is 2.93 bits per heavy atom. The van der Waals surface area contributed by atoms with Crippen molar-refractivity contribution in [1.82, 2.24) is 10.2 Å². The third-order valence-corrected chi connectivity index (χ3v) is 3.17. The number of nitrogens with one attached hydrogen (secondary N) is 2. The van der Waals surface area contributed by atoms with Crippen LogP contribution in [0.3, 0.4) is 0 Å². The van der Waals surface area contributed by atoms with Gasteiger partial charge in [-0.2, -0.15) is 5.10 Å². The van der Waals surface area contributed by atoms with Crippen LogP contribution in [-0.4, -0.2) is 16.2 Å². The number of hydrogen-bond donors (Lipinski definition) is 2. The highest BCUT2D eigenvalue weighted by Gasteiger charge is 2.21. The first-order chi connectivity index (χ1) is 7.25. The van der Waals surface area contributed by atoms with E-state index < -0.39 is 0 Å². The summed E-state index contributed by atoms with van der Waals surface area (Å²) in [6.45, 7) is 2.18. The minimum Gasteiger partial charge on any atom is -0.381 e. The smallest absolute Gasteiger partial charge is 0.266 e. The molecule has 1 unspecified atom stereocenters. The Kier molecular flexibility index (Phi) is 3.04. The van der Waals surface area contributed by atoms with Crippen molar-refractivity contribution in [3.63, 3.8) is 0 Å². The summed E-state index contributed by atoms with van der Waals surface area (Å²) in [6.07, 6.45) is 6.93. The van der Waals surface area contributed by atoms with Crippen molar-refractivity contribution in [2.75, 3.05) is 5.32 Å². The van der Waals surface area contributed by atoms with Crippen molar-refractivity contribution in [1.29, 1.82) is 0 Å². The molecule has 0 spiro atoms. The van der Waals surface area contributed by atoms with E-state index in [0.717, 1.165) is 11.6 Å². The van der Waals surface area contributed by atoms with E-state index in [2.05, 4.69) is 22.4 Å². The lowest BCUT2D eigenvalue weighted by Gasteiger charge is -2.20. The van der Waals surface area contributed by atoms with E-state index in [9.17, 15) is 4.79 Å². The van der Waals surface area contributed by atoms with Gasteiger partial charge in [-0.3, -0.25) is 4.79 Å². The van der Waals surface area contributed by atoms with E-state index in [1.165, 1.54) is 25.7 Å². The lowest BCUT2D eigenvalue weighted by molar-refractivity contribution is 0.482. The van der Waals surface area contributed by atoms with Gasteiger partial charge in [0, 0.05) is 12.1 Å². The van der Waals surface area contributed by atoms with Crippen LogP contribution in [0.15, 0.2) is 17.1 Å². The zero-order valence-electron chi connectivity index (χ0n) is 8.99. The summed E-state index contributed by atoms with van der Waals surface area (Å²) in [6, 6.07) is 1.98. The molecule has 0 saturated heterocycles. The highest BCUT2D eigenvalue weighted by atomic mass is 16.1. The van der Waals surface area contributed by atoms with Crippen LogP contribution >= 0.6 is 0 Å². The van der Waals surface area contributed by atoms with E-state index in [1.807, 2.05) is 0 Å². The number of rotatable bonds is 3. The van der Waals surface area contributed by atoms with Crippen molar-refractivity contribution < 1.29 is 0 Å². The van der Waals surface area contributed by atoms with Crippen molar-refractivity contribution in [3.05, 3.63) is 22.6 Å². The summed E-state index contributed by atoms with van der Waals surface area (Å²) in [5.74, 6) is 0.740. The first kappa shape index (κ1) is 10.2. The fourth-order valence-electron chi connectivity index (χ4n) is 2.29. The van der Waals surface area contributed by atoms with E-state index in [0.29, 0.717) is 6.04 Å².